The maximum atomic E-state index is 6.09. The molecule has 1 unspecified atom stereocenters. The van der Waals surface area contributed by atoms with E-state index in [2.05, 4.69) is 40.9 Å². The Labute approximate surface area is 112 Å². The summed E-state index contributed by atoms with van der Waals surface area (Å²) < 4.78 is 5.20. The van der Waals surface area contributed by atoms with E-state index in [1.807, 2.05) is 0 Å². The molecule has 0 aliphatic heterocycles. The Morgan fingerprint density at radius 1 is 1.37 bits per heavy atom. The Hall–Kier alpha value is -1.82. The molecule has 19 heavy (non-hydrogen) atoms. The van der Waals surface area contributed by atoms with Crippen LogP contribution in [-0.4, -0.2) is 26.2 Å². The molecule has 6 heteroatoms. The summed E-state index contributed by atoms with van der Waals surface area (Å²) in [5.74, 6) is 1.02. The Kier molecular flexibility index (Phi) is 3.90. The molecule has 102 valence electrons. The van der Waals surface area contributed by atoms with Gasteiger partial charge in [0.15, 0.2) is 0 Å². The van der Waals surface area contributed by atoms with E-state index in [0.717, 1.165) is 6.42 Å². The molecule has 0 saturated carbocycles. The van der Waals surface area contributed by atoms with Crippen molar-refractivity contribution < 1.29 is 4.52 Å². The van der Waals surface area contributed by atoms with Crippen molar-refractivity contribution in [3.63, 3.8) is 0 Å². The minimum Gasteiger partial charge on any atom is -0.339 e. The number of hydrogen-bond donors (Lipinski definition) is 1. The minimum absolute atomic E-state index is 0.0127. The maximum absolute atomic E-state index is 6.09. The van der Waals surface area contributed by atoms with Crippen molar-refractivity contribution in [2.45, 2.75) is 39.7 Å². The van der Waals surface area contributed by atoms with E-state index >= 15 is 0 Å². The van der Waals surface area contributed by atoms with E-state index in [-0.39, 0.29) is 11.5 Å². The third kappa shape index (κ3) is 4.10. The molecule has 0 bridgehead atoms. The van der Waals surface area contributed by atoms with Crippen LogP contribution in [0.15, 0.2) is 23.1 Å². The van der Waals surface area contributed by atoms with Crippen molar-refractivity contribution in [1.82, 2.24) is 20.1 Å². The van der Waals surface area contributed by atoms with E-state index in [9.17, 15) is 0 Å². The second kappa shape index (κ2) is 5.44. The van der Waals surface area contributed by atoms with Gasteiger partial charge in [0, 0.05) is 18.7 Å². The average molecular weight is 261 g/mol. The lowest BCUT2D eigenvalue weighted by molar-refractivity contribution is 0.313. The van der Waals surface area contributed by atoms with Gasteiger partial charge in [0.2, 0.25) is 11.7 Å². The summed E-state index contributed by atoms with van der Waals surface area (Å²) in [6, 6.07) is 1.75. The molecule has 0 radical (unpaired) electrons. The zero-order valence-corrected chi connectivity index (χ0v) is 11.5. The van der Waals surface area contributed by atoms with Crippen molar-refractivity contribution in [2.75, 3.05) is 0 Å². The van der Waals surface area contributed by atoms with Crippen LogP contribution in [0.25, 0.3) is 11.5 Å². The highest BCUT2D eigenvalue weighted by Crippen LogP contribution is 2.21. The van der Waals surface area contributed by atoms with Gasteiger partial charge in [0.05, 0.1) is 0 Å². The molecule has 6 nitrogen and oxygen atoms in total. The van der Waals surface area contributed by atoms with Gasteiger partial charge >= 0.3 is 0 Å². The van der Waals surface area contributed by atoms with Crippen LogP contribution >= 0.6 is 0 Å². The van der Waals surface area contributed by atoms with E-state index < -0.39 is 0 Å². The Morgan fingerprint density at radius 2 is 2.16 bits per heavy atom. The first kappa shape index (κ1) is 13.6. The molecule has 0 fully saturated rings. The first-order valence-electron chi connectivity index (χ1n) is 6.28. The smallest absolute Gasteiger partial charge is 0.228 e. The predicted octanol–water partition coefficient (Wildman–Crippen LogP) is 1.83. The lowest BCUT2D eigenvalue weighted by Crippen LogP contribution is -2.28. The highest BCUT2D eigenvalue weighted by Gasteiger charge is 2.19. The topological polar surface area (TPSA) is 90.7 Å². The third-order valence-electron chi connectivity index (χ3n) is 2.59. The van der Waals surface area contributed by atoms with Crippen molar-refractivity contribution in [3.05, 3.63) is 24.5 Å². The van der Waals surface area contributed by atoms with Crippen LogP contribution in [0.4, 0.5) is 0 Å². The van der Waals surface area contributed by atoms with Gasteiger partial charge in [0.1, 0.15) is 12.0 Å². The molecule has 2 aromatic heterocycles. The summed E-state index contributed by atoms with van der Waals surface area (Å²) in [6.45, 7) is 6.48. The van der Waals surface area contributed by atoms with Gasteiger partial charge in [-0.15, -0.1) is 0 Å². The van der Waals surface area contributed by atoms with Crippen molar-refractivity contribution >= 4 is 0 Å². The molecular formula is C13H19N5O. The summed E-state index contributed by atoms with van der Waals surface area (Å²) >= 11 is 0. The molecule has 1 atom stereocenters. The minimum atomic E-state index is 0.0127. The van der Waals surface area contributed by atoms with Gasteiger partial charge in [-0.3, -0.25) is 0 Å². The highest BCUT2D eigenvalue weighted by molar-refractivity contribution is 5.46. The van der Waals surface area contributed by atoms with Crippen LogP contribution < -0.4 is 5.73 Å². The molecule has 0 aliphatic rings. The van der Waals surface area contributed by atoms with Crippen molar-refractivity contribution in [3.8, 4) is 11.5 Å². The fourth-order valence-electron chi connectivity index (χ4n) is 1.95. The Balaban J connectivity index is 2.02. The number of aromatic nitrogens is 4. The van der Waals surface area contributed by atoms with Crippen molar-refractivity contribution in [2.24, 2.45) is 11.1 Å². The van der Waals surface area contributed by atoms with Crippen LogP contribution in [0.1, 0.15) is 33.1 Å². The predicted molar refractivity (Wildman–Crippen MR) is 71.1 cm³/mol. The molecule has 0 aromatic carbocycles. The summed E-state index contributed by atoms with van der Waals surface area (Å²) in [5, 5.41) is 3.90. The SMILES string of the molecule is CC(C)(C)CC(N)Cc1nc(-c2ccncn2)no1. The number of rotatable bonds is 4. The Morgan fingerprint density at radius 3 is 2.79 bits per heavy atom. The molecule has 0 amide bonds. The molecular weight excluding hydrogens is 242 g/mol. The molecule has 2 aromatic rings. The monoisotopic (exact) mass is 261 g/mol. The highest BCUT2D eigenvalue weighted by atomic mass is 16.5. The lowest BCUT2D eigenvalue weighted by Gasteiger charge is -2.21. The van der Waals surface area contributed by atoms with Crippen LogP contribution in [0.3, 0.4) is 0 Å². The van der Waals surface area contributed by atoms with Gasteiger partial charge in [-0.05, 0) is 17.9 Å². The summed E-state index contributed by atoms with van der Waals surface area (Å²) in [6.07, 6.45) is 4.58. The molecule has 0 saturated heterocycles. The molecule has 2 N–H and O–H groups in total. The largest absolute Gasteiger partial charge is 0.339 e. The third-order valence-corrected chi connectivity index (χ3v) is 2.59. The fraction of sp³-hybridized carbons (Fsp3) is 0.538. The van der Waals surface area contributed by atoms with Crippen LogP contribution in [0.5, 0.6) is 0 Å². The van der Waals surface area contributed by atoms with Crippen LogP contribution in [0, 0.1) is 5.41 Å². The Bertz CT molecular complexity index is 517. The number of nitrogens with zero attached hydrogens (tertiary/aromatic N) is 4. The van der Waals surface area contributed by atoms with Gasteiger partial charge in [-0.1, -0.05) is 25.9 Å². The maximum Gasteiger partial charge on any atom is 0.228 e. The number of hydrogen-bond acceptors (Lipinski definition) is 6. The van der Waals surface area contributed by atoms with Crippen LogP contribution in [-0.2, 0) is 6.42 Å². The summed E-state index contributed by atoms with van der Waals surface area (Å²) in [7, 11) is 0. The van der Waals surface area contributed by atoms with Gasteiger partial charge < -0.3 is 10.3 Å². The second-order valence-electron chi connectivity index (χ2n) is 5.84. The van der Waals surface area contributed by atoms with E-state index in [1.165, 1.54) is 6.33 Å². The standard InChI is InChI=1S/C13H19N5O/c1-13(2,3)7-9(14)6-11-17-12(18-19-11)10-4-5-15-8-16-10/h4-5,8-9H,6-7,14H2,1-3H3. The average Bonchev–Trinajstić information content (AvgIpc) is 2.76. The zero-order chi connectivity index (χ0) is 13.9. The van der Waals surface area contributed by atoms with E-state index in [1.54, 1.807) is 12.3 Å². The van der Waals surface area contributed by atoms with E-state index in [4.69, 9.17) is 10.3 Å². The quantitative estimate of drug-likeness (QED) is 0.902. The first-order valence-corrected chi connectivity index (χ1v) is 6.28. The van der Waals surface area contributed by atoms with Gasteiger partial charge in [-0.25, -0.2) is 9.97 Å². The molecule has 2 heterocycles. The fourth-order valence-corrected chi connectivity index (χ4v) is 1.95. The second-order valence-corrected chi connectivity index (χ2v) is 5.84. The van der Waals surface area contributed by atoms with Crippen LogP contribution in [0.2, 0.25) is 0 Å². The zero-order valence-electron chi connectivity index (χ0n) is 11.5. The van der Waals surface area contributed by atoms with Gasteiger partial charge in [0.25, 0.3) is 0 Å². The summed E-state index contributed by atoms with van der Waals surface area (Å²) in [5.41, 5.74) is 6.92. The number of nitrogens with two attached hydrogens (primary N) is 1. The van der Waals surface area contributed by atoms with E-state index in [0.29, 0.717) is 23.8 Å². The first-order chi connectivity index (χ1) is 8.94. The van der Waals surface area contributed by atoms with Gasteiger partial charge in [-0.2, -0.15) is 4.98 Å². The normalized spacial score (nSPS) is 13.5. The lowest BCUT2D eigenvalue weighted by atomic mass is 9.87. The molecule has 2 rings (SSSR count). The molecule has 0 aliphatic carbocycles. The van der Waals surface area contributed by atoms with Crippen molar-refractivity contribution in [1.29, 1.82) is 0 Å². The molecule has 0 spiro atoms. The summed E-state index contributed by atoms with van der Waals surface area (Å²) in [4.78, 5) is 12.2.